The van der Waals surface area contributed by atoms with E-state index in [1.807, 2.05) is 26.0 Å². The largest absolute Gasteiger partial charge is 0.480 e. The van der Waals surface area contributed by atoms with Crippen LogP contribution in [0, 0.1) is 5.41 Å². The van der Waals surface area contributed by atoms with Crippen molar-refractivity contribution < 1.29 is 9.84 Å². The molecule has 1 rings (SSSR count). The smallest absolute Gasteiger partial charge is 0.286 e. The van der Waals surface area contributed by atoms with Gasteiger partial charge in [0.2, 0.25) is 3.42 Å². The van der Waals surface area contributed by atoms with Crippen LogP contribution in [-0.2, 0) is 4.74 Å². The second kappa shape index (κ2) is 5.27. The van der Waals surface area contributed by atoms with E-state index in [4.69, 9.17) is 4.74 Å². The summed E-state index contributed by atoms with van der Waals surface area (Å²) in [5.74, 6) is -0.104. The van der Waals surface area contributed by atoms with Crippen LogP contribution in [0.5, 0.6) is 0 Å². The Balaban J connectivity index is 2.85. The van der Waals surface area contributed by atoms with Gasteiger partial charge in [0.1, 0.15) is 0 Å². The molecule has 0 saturated carbocycles. The highest BCUT2D eigenvalue weighted by molar-refractivity contribution is 9.25. The molecular formula is C11H13Br3O2. The fourth-order valence-electron chi connectivity index (χ4n) is 0.913. The molecule has 0 fully saturated rings. The van der Waals surface area contributed by atoms with E-state index in [-0.39, 0.29) is 11.4 Å². The van der Waals surface area contributed by atoms with Crippen LogP contribution in [0.1, 0.15) is 13.8 Å². The Bertz CT molecular complexity index is 340. The van der Waals surface area contributed by atoms with Crippen molar-refractivity contribution in [3.8, 4) is 0 Å². The lowest BCUT2D eigenvalue weighted by atomic mass is 9.98. The average molecular weight is 417 g/mol. The van der Waals surface area contributed by atoms with E-state index in [9.17, 15) is 5.11 Å². The van der Waals surface area contributed by atoms with Crippen LogP contribution in [0.2, 0.25) is 0 Å². The highest BCUT2D eigenvalue weighted by atomic mass is 79.9. The molecular weight excluding hydrogens is 404 g/mol. The number of ether oxygens (including phenoxy) is 1. The number of allylic oxidation sites excluding steroid dienone is 5. The van der Waals surface area contributed by atoms with Crippen molar-refractivity contribution in [1.82, 2.24) is 0 Å². The molecule has 0 radical (unpaired) electrons. The Hall–Kier alpha value is 0.260. The zero-order chi connectivity index (χ0) is 12.4. The molecule has 0 saturated heterocycles. The van der Waals surface area contributed by atoms with Gasteiger partial charge < -0.3 is 9.84 Å². The molecule has 0 atom stereocenters. The number of aliphatic hydroxyl groups is 1. The Morgan fingerprint density at radius 3 is 2.25 bits per heavy atom. The van der Waals surface area contributed by atoms with E-state index in [1.165, 1.54) is 0 Å². The molecule has 0 aromatic heterocycles. The molecule has 16 heavy (non-hydrogen) atoms. The quantitative estimate of drug-likeness (QED) is 0.528. The zero-order valence-electron chi connectivity index (χ0n) is 9.01. The molecule has 5 heteroatoms. The SMILES string of the molecule is CC(C)(CBr)C(Br)(Br)OC(O)=C1C=CC=C1. The third kappa shape index (κ3) is 3.14. The lowest BCUT2D eigenvalue weighted by molar-refractivity contribution is 0.0144. The summed E-state index contributed by atoms with van der Waals surface area (Å²) in [5.41, 5.74) is 0.418. The molecule has 1 aliphatic carbocycles. The molecule has 0 bridgehead atoms. The molecule has 1 N–H and O–H groups in total. The highest BCUT2D eigenvalue weighted by Gasteiger charge is 2.43. The standard InChI is InChI=1S/C11H13Br3O2/c1-10(2,7-12)11(13,14)16-9(15)8-5-3-4-6-8/h3-6,15H,7H2,1-2H3. The van der Waals surface area contributed by atoms with Gasteiger partial charge in [0.05, 0.1) is 5.57 Å². The molecule has 0 aromatic carbocycles. The van der Waals surface area contributed by atoms with Gasteiger partial charge in [-0.15, -0.1) is 0 Å². The summed E-state index contributed by atoms with van der Waals surface area (Å²) in [7, 11) is 0. The first kappa shape index (κ1) is 14.3. The van der Waals surface area contributed by atoms with Gasteiger partial charge >= 0.3 is 0 Å². The van der Waals surface area contributed by atoms with Gasteiger partial charge in [0.25, 0.3) is 5.95 Å². The summed E-state index contributed by atoms with van der Waals surface area (Å²) in [5, 5.41) is 10.5. The van der Waals surface area contributed by atoms with Crippen molar-refractivity contribution >= 4 is 47.8 Å². The van der Waals surface area contributed by atoms with Crippen molar-refractivity contribution in [2.75, 3.05) is 5.33 Å². The highest BCUT2D eigenvalue weighted by Crippen LogP contribution is 2.47. The Morgan fingerprint density at radius 2 is 1.81 bits per heavy atom. The van der Waals surface area contributed by atoms with Crippen molar-refractivity contribution in [2.24, 2.45) is 5.41 Å². The Morgan fingerprint density at radius 1 is 1.31 bits per heavy atom. The van der Waals surface area contributed by atoms with E-state index < -0.39 is 3.42 Å². The zero-order valence-corrected chi connectivity index (χ0v) is 13.8. The number of hydrogen-bond donors (Lipinski definition) is 1. The average Bonchev–Trinajstić information content (AvgIpc) is 2.69. The number of rotatable bonds is 4. The second-order valence-electron chi connectivity index (χ2n) is 4.12. The summed E-state index contributed by atoms with van der Waals surface area (Å²) < 4.78 is 4.69. The minimum absolute atomic E-state index is 0.104. The first-order valence-electron chi connectivity index (χ1n) is 4.71. The van der Waals surface area contributed by atoms with E-state index in [0.717, 1.165) is 0 Å². The van der Waals surface area contributed by atoms with E-state index in [1.54, 1.807) is 12.2 Å². The van der Waals surface area contributed by atoms with Crippen LogP contribution in [0.4, 0.5) is 0 Å². The molecule has 1 aliphatic rings. The van der Waals surface area contributed by atoms with E-state index in [2.05, 4.69) is 47.8 Å². The molecule has 0 heterocycles. The molecule has 0 spiro atoms. The predicted molar refractivity (Wildman–Crippen MR) is 77.2 cm³/mol. The molecule has 0 aromatic rings. The van der Waals surface area contributed by atoms with Crippen LogP contribution >= 0.6 is 47.8 Å². The maximum atomic E-state index is 9.82. The topological polar surface area (TPSA) is 29.5 Å². The molecule has 90 valence electrons. The minimum atomic E-state index is -0.822. The van der Waals surface area contributed by atoms with Gasteiger partial charge in [-0.1, -0.05) is 41.9 Å². The summed E-state index contributed by atoms with van der Waals surface area (Å²) in [6.45, 7) is 4.01. The summed E-state index contributed by atoms with van der Waals surface area (Å²) >= 11 is 10.3. The number of aliphatic hydroxyl groups excluding tert-OH is 1. The number of halogens is 3. The number of hydrogen-bond acceptors (Lipinski definition) is 2. The molecule has 0 unspecified atom stereocenters. The Kier molecular flexibility index (Phi) is 4.72. The Labute approximate surface area is 121 Å². The molecule has 0 amide bonds. The molecule has 2 nitrogen and oxygen atoms in total. The monoisotopic (exact) mass is 414 g/mol. The lowest BCUT2D eigenvalue weighted by Crippen LogP contribution is -2.37. The normalized spacial score (nSPS) is 15.7. The van der Waals surface area contributed by atoms with Crippen LogP contribution < -0.4 is 0 Å². The van der Waals surface area contributed by atoms with Gasteiger partial charge in [-0.3, -0.25) is 0 Å². The van der Waals surface area contributed by atoms with Gasteiger partial charge in [-0.05, 0) is 44.0 Å². The predicted octanol–water partition coefficient (Wildman–Crippen LogP) is 4.76. The third-order valence-electron chi connectivity index (χ3n) is 2.26. The van der Waals surface area contributed by atoms with Gasteiger partial charge in [-0.2, -0.15) is 0 Å². The summed E-state index contributed by atoms with van der Waals surface area (Å²) in [6.07, 6.45) is 7.25. The first-order valence-corrected chi connectivity index (χ1v) is 7.42. The third-order valence-corrected chi connectivity index (χ3v) is 6.13. The van der Waals surface area contributed by atoms with E-state index in [0.29, 0.717) is 10.9 Å². The fraction of sp³-hybridized carbons (Fsp3) is 0.455. The van der Waals surface area contributed by atoms with Crippen LogP contribution in [0.25, 0.3) is 0 Å². The maximum Gasteiger partial charge on any atom is 0.286 e. The van der Waals surface area contributed by atoms with Crippen molar-refractivity contribution in [3.63, 3.8) is 0 Å². The first-order chi connectivity index (χ1) is 7.30. The van der Waals surface area contributed by atoms with Gasteiger partial charge in [0.15, 0.2) is 0 Å². The molecule has 0 aliphatic heterocycles. The fourth-order valence-corrected chi connectivity index (χ4v) is 2.65. The van der Waals surface area contributed by atoms with Crippen molar-refractivity contribution in [2.45, 2.75) is 17.3 Å². The summed E-state index contributed by atoms with van der Waals surface area (Å²) in [4.78, 5) is 0. The van der Waals surface area contributed by atoms with Crippen molar-refractivity contribution in [1.29, 1.82) is 0 Å². The van der Waals surface area contributed by atoms with Crippen LogP contribution in [0.3, 0.4) is 0 Å². The summed E-state index contributed by atoms with van der Waals surface area (Å²) in [6, 6.07) is 0. The van der Waals surface area contributed by atoms with Crippen LogP contribution in [-0.4, -0.2) is 13.9 Å². The van der Waals surface area contributed by atoms with Crippen molar-refractivity contribution in [3.05, 3.63) is 35.8 Å². The lowest BCUT2D eigenvalue weighted by Gasteiger charge is -2.36. The van der Waals surface area contributed by atoms with E-state index >= 15 is 0 Å². The maximum absolute atomic E-state index is 9.82. The second-order valence-corrected chi connectivity index (χ2v) is 7.97. The van der Waals surface area contributed by atoms with Gasteiger partial charge in [0, 0.05) is 10.7 Å². The minimum Gasteiger partial charge on any atom is -0.480 e. The number of alkyl halides is 3. The van der Waals surface area contributed by atoms with Crippen LogP contribution in [0.15, 0.2) is 35.8 Å². The van der Waals surface area contributed by atoms with Gasteiger partial charge in [-0.25, -0.2) is 0 Å².